The van der Waals surface area contributed by atoms with Gasteiger partial charge in [0.1, 0.15) is 0 Å². The summed E-state index contributed by atoms with van der Waals surface area (Å²) < 4.78 is 5.72. The number of hydrogen-bond donors (Lipinski definition) is 1. The van der Waals surface area contributed by atoms with E-state index in [9.17, 15) is 9.59 Å². The van der Waals surface area contributed by atoms with Gasteiger partial charge in [-0.1, -0.05) is 37.3 Å². The topological polar surface area (TPSA) is 83.6 Å². The van der Waals surface area contributed by atoms with E-state index >= 15 is 0 Å². The maximum absolute atomic E-state index is 12.5. The van der Waals surface area contributed by atoms with Crippen molar-refractivity contribution in [2.45, 2.75) is 38.6 Å². The molecule has 25 heavy (non-hydrogen) atoms. The van der Waals surface area contributed by atoms with Gasteiger partial charge >= 0.3 is 5.97 Å². The average Bonchev–Trinajstić information content (AvgIpc) is 3.35. The molecule has 2 aromatic rings. The summed E-state index contributed by atoms with van der Waals surface area (Å²) in [7, 11) is 0. The van der Waals surface area contributed by atoms with Gasteiger partial charge in [0, 0.05) is 31.0 Å². The third-order valence-corrected chi connectivity index (χ3v) is 4.36. The van der Waals surface area contributed by atoms with Gasteiger partial charge in [-0.2, -0.15) is 0 Å². The van der Waals surface area contributed by atoms with Crippen LogP contribution in [0.5, 0.6) is 0 Å². The number of aryl methyl sites for hydroxylation is 1. The number of carbonyl (C=O) groups excluding carboxylic acids is 1. The van der Waals surface area contributed by atoms with Crippen LogP contribution < -0.4 is 0 Å². The van der Waals surface area contributed by atoms with Gasteiger partial charge in [-0.3, -0.25) is 9.59 Å². The minimum absolute atomic E-state index is 0.0324. The van der Waals surface area contributed by atoms with Crippen molar-refractivity contribution in [3.05, 3.63) is 42.4 Å². The summed E-state index contributed by atoms with van der Waals surface area (Å²) in [6, 6.07) is 9.87. The van der Waals surface area contributed by atoms with E-state index in [1.165, 1.54) is 0 Å². The molecule has 1 saturated carbocycles. The Hall–Kier alpha value is -2.63. The van der Waals surface area contributed by atoms with E-state index in [2.05, 4.69) is 4.98 Å². The number of benzene rings is 1. The van der Waals surface area contributed by atoms with E-state index in [1.54, 1.807) is 18.0 Å². The van der Waals surface area contributed by atoms with Crippen LogP contribution in [0.15, 0.2) is 40.9 Å². The number of rotatable bonds is 8. The normalized spacial score (nSPS) is 14.9. The second-order valence-corrected chi connectivity index (χ2v) is 6.50. The van der Waals surface area contributed by atoms with E-state index in [-0.39, 0.29) is 24.9 Å². The van der Waals surface area contributed by atoms with Crippen LogP contribution in [0.1, 0.15) is 32.1 Å². The highest BCUT2D eigenvalue weighted by molar-refractivity contribution is 5.78. The molecule has 1 aliphatic rings. The van der Waals surface area contributed by atoms with E-state index in [0.717, 1.165) is 18.4 Å². The number of aliphatic carboxylic acids is 1. The molecule has 1 heterocycles. The fourth-order valence-electron chi connectivity index (χ4n) is 2.73. The van der Waals surface area contributed by atoms with Crippen molar-refractivity contribution in [2.75, 3.05) is 6.54 Å². The van der Waals surface area contributed by atoms with E-state index in [1.807, 2.05) is 30.3 Å². The third kappa shape index (κ3) is 4.47. The van der Waals surface area contributed by atoms with Crippen LogP contribution in [0.4, 0.5) is 0 Å². The summed E-state index contributed by atoms with van der Waals surface area (Å²) in [5, 5.41) is 9.07. The molecule has 1 unspecified atom stereocenters. The van der Waals surface area contributed by atoms with Crippen LogP contribution >= 0.6 is 0 Å². The number of nitrogens with zero attached hydrogens (tertiary/aromatic N) is 2. The molecule has 1 N–H and O–H groups in total. The predicted octanol–water partition coefficient (Wildman–Crippen LogP) is 2.99. The minimum atomic E-state index is -0.876. The zero-order valence-corrected chi connectivity index (χ0v) is 14.2. The molecule has 0 saturated heterocycles. The Labute approximate surface area is 146 Å². The van der Waals surface area contributed by atoms with Crippen molar-refractivity contribution in [2.24, 2.45) is 5.92 Å². The van der Waals surface area contributed by atoms with Crippen molar-refractivity contribution in [1.29, 1.82) is 0 Å². The lowest BCUT2D eigenvalue weighted by Gasteiger charge is -2.24. The Bertz CT molecular complexity index is 737. The molecule has 1 aromatic carbocycles. The summed E-state index contributed by atoms with van der Waals surface area (Å²) in [5.74, 6) is -0.263. The van der Waals surface area contributed by atoms with E-state index in [0.29, 0.717) is 18.1 Å². The van der Waals surface area contributed by atoms with Gasteiger partial charge in [0.2, 0.25) is 5.91 Å². The molecule has 1 atom stereocenters. The van der Waals surface area contributed by atoms with Gasteiger partial charge in [0.15, 0.2) is 11.7 Å². The SMILES string of the molecule is CC(CN(C(=O)CCc1ncc(-c2ccccc2)o1)C1CC1)C(=O)O. The second-order valence-electron chi connectivity index (χ2n) is 6.50. The van der Waals surface area contributed by atoms with Crippen molar-refractivity contribution in [3.63, 3.8) is 0 Å². The lowest BCUT2D eigenvalue weighted by molar-refractivity contribution is -0.143. The van der Waals surface area contributed by atoms with Crippen LogP contribution in [0.3, 0.4) is 0 Å². The molecular weight excluding hydrogens is 320 g/mol. The first-order valence-electron chi connectivity index (χ1n) is 8.57. The fourth-order valence-corrected chi connectivity index (χ4v) is 2.73. The number of aromatic nitrogens is 1. The lowest BCUT2D eigenvalue weighted by Crippen LogP contribution is -2.38. The molecule has 0 spiro atoms. The summed E-state index contributed by atoms with van der Waals surface area (Å²) >= 11 is 0. The zero-order chi connectivity index (χ0) is 17.8. The highest BCUT2D eigenvalue weighted by Crippen LogP contribution is 2.28. The highest BCUT2D eigenvalue weighted by atomic mass is 16.4. The maximum Gasteiger partial charge on any atom is 0.308 e. The molecule has 3 rings (SSSR count). The number of carboxylic acids is 1. The Morgan fingerprint density at radius 3 is 2.68 bits per heavy atom. The Morgan fingerprint density at radius 2 is 2.04 bits per heavy atom. The monoisotopic (exact) mass is 342 g/mol. The first kappa shape index (κ1) is 17.2. The first-order chi connectivity index (χ1) is 12.0. The maximum atomic E-state index is 12.5. The zero-order valence-electron chi connectivity index (χ0n) is 14.2. The summed E-state index contributed by atoms with van der Waals surface area (Å²) in [4.78, 5) is 29.5. The average molecular weight is 342 g/mol. The molecule has 1 fully saturated rings. The van der Waals surface area contributed by atoms with Crippen LogP contribution in [-0.2, 0) is 16.0 Å². The second kappa shape index (κ2) is 7.51. The summed E-state index contributed by atoms with van der Waals surface area (Å²) in [6.07, 6.45) is 4.26. The van der Waals surface area contributed by atoms with E-state index in [4.69, 9.17) is 9.52 Å². The largest absolute Gasteiger partial charge is 0.481 e. The van der Waals surface area contributed by atoms with Crippen molar-refractivity contribution >= 4 is 11.9 Å². The first-order valence-corrected chi connectivity index (χ1v) is 8.57. The van der Waals surface area contributed by atoms with Crippen molar-refractivity contribution in [3.8, 4) is 11.3 Å². The van der Waals surface area contributed by atoms with Crippen LogP contribution in [-0.4, -0.2) is 39.5 Å². The third-order valence-electron chi connectivity index (χ3n) is 4.36. The standard InChI is InChI=1S/C19H22N2O4/c1-13(19(23)24)12-21(15-7-8-15)18(22)10-9-17-20-11-16(25-17)14-5-3-2-4-6-14/h2-6,11,13,15H,7-10,12H2,1H3,(H,23,24). The smallest absolute Gasteiger partial charge is 0.308 e. The summed E-state index contributed by atoms with van der Waals surface area (Å²) in [5.41, 5.74) is 0.947. The molecule has 0 radical (unpaired) electrons. The fraction of sp³-hybridized carbons (Fsp3) is 0.421. The Balaban J connectivity index is 1.58. The van der Waals surface area contributed by atoms with Crippen molar-refractivity contribution < 1.29 is 19.1 Å². The number of carbonyl (C=O) groups is 2. The number of hydrogen-bond acceptors (Lipinski definition) is 4. The van der Waals surface area contributed by atoms with Crippen LogP contribution in [0.25, 0.3) is 11.3 Å². The molecule has 0 aliphatic heterocycles. The number of carboxylic acid groups (broad SMARTS) is 1. The van der Waals surface area contributed by atoms with Crippen LogP contribution in [0.2, 0.25) is 0 Å². The lowest BCUT2D eigenvalue weighted by atomic mass is 10.1. The van der Waals surface area contributed by atoms with Gasteiger partial charge in [0.25, 0.3) is 0 Å². The predicted molar refractivity (Wildman–Crippen MR) is 91.8 cm³/mol. The molecule has 132 valence electrons. The van der Waals surface area contributed by atoms with Gasteiger partial charge < -0.3 is 14.4 Å². The van der Waals surface area contributed by atoms with Gasteiger partial charge in [0.05, 0.1) is 12.1 Å². The van der Waals surface area contributed by atoms with Gasteiger partial charge in [-0.25, -0.2) is 4.98 Å². The van der Waals surface area contributed by atoms with Gasteiger partial charge in [-0.15, -0.1) is 0 Å². The number of oxazole rings is 1. The molecule has 0 bridgehead atoms. The minimum Gasteiger partial charge on any atom is -0.481 e. The summed E-state index contributed by atoms with van der Waals surface area (Å²) in [6.45, 7) is 1.89. The molecule has 1 amide bonds. The van der Waals surface area contributed by atoms with Gasteiger partial charge in [-0.05, 0) is 12.8 Å². The van der Waals surface area contributed by atoms with Crippen LogP contribution in [0, 0.1) is 5.92 Å². The molecule has 6 nitrogen and oxygen atoms in total. The molecule has 6 heteroatoms. The number of amides is 1. The van der Waals surface area contributed by atoms with Crippen molar-refractivity contribution in [1.82, 2.24) is 9.88 Å². The molecular formula is C19H22N2O4. The Kier molecular flexibility index (Phi) is 5.16. The highest BCUT2D eigenvalue weighted by Gasteiger charge is 2.34. The Morgan fingerprint density at radius 1 is 1.32 bits per heavy atom. The quantitative estimate of drug-likeness (QED) is 0.797. The van der Waals surface area contributed by atoms with E-state index < -0.39 is 11.9 Å². The molecule has 1 aliphatic carbocycles. The molecule has 1 aromatic heterocycles.